The van der Waals surface area contributed by atoms with E-state index in [-0.39, 0.29) is 47.3 Å². The van der Waals surface area contributed by atoms with E-state index in [1.54, 1.807) is 6.20 Å². The zero-order valence-corrected chi connectivity index (χ0v) is 23.0. The van der Waals surface area contributed by atoms with E-state index >= 15 is 0 Å². The molecule has 2 fully saturated rings. The molecule has 3 aliphatic rings. The van der Waals surface area contributed by atoms with Gasteiger partial charge in [-0.05, 0) is 55.7 Å². The number of piperidine rings is 1. The Morgan fingerprint density at radius 1 is 1.18 bits per heavy atom. The third-order valence-electron chi connectivity index (χ3n) is 8.66. The number of amides is 2. The second-order valence-electron chi connectivity index (χ2n) is 11.7. The van der Waals surface area contributed by atoms with Gasteiger partial charge in [-0.15, -0.1) is 0 Å². The number of benzene rings is 1. The SMILES string of the molecule is CCC(=O)[C@@H]1C[C@]23COCCCCC(=O)NCc4cc(C(C)C)cc5c(C(C)=O)cn(c45)CC(=O)N1[C@@H]2C3. The lowest BCUT2D eigenvalue weighted by molar-refractivity contribution is -0.139. The molecule has 38 heavy (non-hydrogen) atoms. The molecule has 8 heteroatoms. The Hall–Kier alpha value is -3.00. The van der Waals surface area contributed by atoms with E-state index in [1.807, 2.05) is 22.5 Å². The Balaban J connectivity index is 1.59. The molecule has 3 atom stereocenters. The van der Waals surface area contributed by atoms with Crippen molar-refractivity contribution >= 4 is 34.3 Å². The number of nitrogens with one attached hydrogen (secondary N) is 1. The van der Waals surface area contributed by atoms with E-state index in [0.717, 1.165) is 41.3 Å². The number of ketones is 2. The van der Waals surface area contributed by atoms with Gasteiger partial charge in [0.25, 0.3) is 0 Å². The summed E-state index contributed by atoms with van der Waals surface area (Å²) in [4.78, 5) is 53.9. The van der Waals surface area contributed by atoms with E-state index < -0.39 is 6.04 Å². The molecule has 2 aliphatic heterocycles. The topological polar surface area (TPSA) is 97.7 Å². The van der Waals surface area contributed by atoms with Gasteiger partial charge in [0.15, 0.2) is 11.6 Å². The van der Waals surface area contributed by atoms with Crippen LogP contribution in [0.5, 0.6) is 0 Å². The zero-order valence-electron chi connectivity index (χ0n) is 23.0. The first kappa shape index (κ1) is 26.6. The number of Topliss-reactive ketones (excluding diaryl/α,β-unsaturated/α-hetero) is 2. The Bertz CT molecular complexity index is 1290. The first-order valence-electron chi connectivity index (χ1n) is 14.0. The van der Waals surface area contributed by atoms with Crippen LogP contribution in [0.1, 0.15) is 93.6 Å². The van der Waals surface area contributed by atoms with Crippen LogP contribution in [-0.4, -0.2) is 58.1 Å². The number of ether oxygens (including phenoxy) is 1. The van der Waals surface area contributed by atoms with Crippen LogP contribution in [0.4, 0.5) is 0 Å². The smallest absolute Gasteiger partial charge is 0.243 e. The first-order chi connectivity index (χ1) is 18.1. The zero-order chi connectivity index (χ0) is 27.2. The number of nitrogens with zero attached hydrogens (tertiary/aromatic N) is 2. The lowest BCUT2D eigenvalue weighted by Gasteiger charge is -2.27. The summed E-state index contributed by atoms with van der Waals surface area (Å²) in [6.07, 6.45) is 5.59. The summed E-state index contributed by atoms with van der Waals surface area (Å²) in [5.74, 6) is 0.114. The van der Waals surface area contributed by atoms with Crippen LogP contribution in [-0.2, 0) is 32.2 Å². The van der Waals surface area contributed by atoms with Gasteiger partial charge >= 0.3 is 0 Å². The molecule has 204 valence electrons. The highest BCUT2D eigenvalue weighted by Gasteiger charge is 2.66. The van der Waals surface area contributed by atoms with Gasteiger partial charge in [0, 0.05) is 54.6 Å². The molecule has 1 aromatic carbocycles. The minimum atomic E-state index is -0.422. The Labute approximate surface area is 224 Å². The molecule has 5 rings (SSSR count). The van der Waals surface area contributed by atoms with E-state index in [9.17, 15) is 19.2 Å². The molecule has 2 bridgehead atoms. The summed E-state index contributed by atoms with van der Waals surface area (Å²) in [5, 5.41) is 3.85. The molecule has 1 N–H and O–H groups in total. The second-order valence-corrected chi connectivity index (χ2v) is 11.7. The normalized spacial score (nSPS) is 26.3. The first-order valence-corrected chi connectivity index (χ1v) is 14.0. The quantitative estimate of drug-likeness (QED) is 0.611. The number of rotatable bonds is 4. The molecule has 0 radical (unpaired) electrons. The lowest BCUT2D eigenvalue weighted by Crippen LogP contribution is -2.44. The number of aromatic nitrogens is 1. The molecule has 0 spiro atoms. The van der Waals surface area contributed by atoms with Crippen LogP contribution in [0.25, 0.3) is 10.9 Å². The van der Waals surface area contributed by atoms with Crippen molar-refractivity contribution in [2.24, 2.45) is 5.41 Å². The van der Waals surface area contributed by atoms with E-state index in [4.69, 9.17) is 4.74 Å². The average molecular weight is 522 g/mol. The molecule has 3 heterocycles. The van der Waals surface area contributed by atoms with E-state index in [1.165, 1.54) is 6.92 Å². The molecule has 1 aliphatic carbocycles. The van der Waals surface area contributed by atoms with Crippen molar-refractivity contribution in [3.8, 4) is 0 Å². The van der Waals surface area contributed by atoms with Crippen LogP contribution in [0.3, 0.4) is 0 Å². The van der Waals surface area contributed by atoms with Gasteiger partial charge in [0.2, 0.25) is 11.8 Å². The second kappa shape index (κ2) is 10.3. The van der Waals surface area contributed by atoms with Gasteiger partial charge in [-0.3, -0.25) is 19.2 Å². The van der Waals surface area contributed by atoms with Gasteiger partial charge in [-0.1, -0.05) is 26.8 Å². The maximum absolute atomic E-state index is 13.9. The molecule has 1 saturated carbocycles. The highest BCUT2D eigenvalue weighted by Crippen LogP contribution is 2.60. The average Bonchev–Trinajstić information content (AvgIpc) is 3.29. The van der Waals surface area contributed by atoms with Crippen molar-refractivity contribution in [2.45, 2.75) is 97.3 Å². The summed E-state index contributed by atoms with van der Waals surface area (Å²) in [6.45, 7) is 9.03. The fourth-order valence-electron chi connectivity index (χ4n) is 6.41. The van der Waals surface area contributed by atoms with Gasteiger partial charge < -0.3 is 19.5 Å². The van der Waals surface area contributed by atoms with Gasteiger partial charge in [-0.25, -0.2) is 0 Å². The predicted octanol–water partition coefficient (Wildman–Crippen LogP) is 4.12. The summed E-state index contributed by atoms with van der Waals surface area (Å²) in [5.41, 5.74) is 3.16. The summed E-state index contributed by atoms with van der Waals surface area (Å²) in [7, 11) is 0. The third-order valence-corrected chi connectivity index (χ3v) is 8.66. The largest absolute Gasteiger partial charge is 0.381 e. The Kier molecular flexibility index (Phi) is 7.20. The third kappa shape index (κ3) is 4.79. The molecule has 1 aromatic heterocycles. The standard InChI is InChI=1S/C30H39N3O5/c1-5-25(35)24-12-30-13-26(30)33(24)28(37)16-32-15-23(19(4)34)22-11-20(18(2)3)10-21(29(22)32)14-31-27(36)8-6-7-9-38-17-30/h10-11,15,18,24,26H,5-9,12-14,16-17H2,1-4H3,(H,31,36)/t24-,26+,30-/m0/s1. The van der Waals surface area contributed by atoms with Gasteiger partial charge in [0.05, 0.1) is 18.2 Å². The Morgan fingerprint density at radius 3 is 2.68 bits per heavy atom. The number of hydrogen-bond donors (Lipinski definition) is 1. The minimum Gasteiger partial charge on any atom is -0.381 e. The molecule has 0 unspecified atom stereocenters. The maximum atomic E-state index is 13.9. The minimum absolute atomic E-state index is 0.00976. The van der Waals surface area contributed by atoms with Crippen LogP contribution in [0.2, 0.25) is 0 Å². The van der Waals surface area contributed by atoms with Crippen molar-refractivity contribution in [2.75, 3.05) is 13.2 Å². The van der Waals surface area contributed by atoms with Crippen molar-refractivity contribution < 1.29 is 23.9 Å². The highest BCUT2D eigenvalue weighted by molar-refractivity contribution is 6.08. The van der Waals surface area contributed by atoms with Crippen LogP contribution in [0.15, 0.2) is 18.3 Å². The van der Waals surface area contributed by atoms with Crippen LogP contribution in [0, 0.1) is 5.41 Å². The summed E-state index contributed by atoms with van der Waals surface area (Å²) >= 11 is 0. The fraction of sp³-hybridized carbons (Fsp3) is 0.600. The van der Waals surface area contributed by atoms with Crippen LogP contribution >= 0.6 is 0 Å². The van der Waals surface area contributed by atoms with Crippen molar-refractivity contribution in [3.05, 3.63) is 35.0 Å². The number of carbonyl (C=O) groups is 4. The molecule has 8 nitrogen and oxygen atoms in total. The van der Waals surface area contributed by atoms with Crippen LogP contribution < -0.4 is 5.32 Å². The summed E-state index contributed by atoms with van der Waals surface area (Å²) < 4.78 is 7.86. The number of hydrogen-bond acceptors (Lipinski definition) is 5. The van der Waals surface area contributed by atoms with E-state index in [2.05, 4.69) is 25.2 Å². The van der Waals surface area contributed by atoms with Gasteiger partial charge in [0.1, 0.15) is 6.54 Å². The molecular formula is C30H39N3O5. The fourth-order valence-corrected chi connectivity index (χ4v) is 6.41. The number of carbonyl (C=O) groups excluding carboxylic acids is 4. The predicted molar refractivity (Wildman–Crippen MR) is 144 cm³/mol. The van der Waals surface area contributed by atoms with Crippen molar-refractivity contribution in [1.29, 1.82) is 0 Å². The monoisotopic (exact) mass is 521 g/mol. The molecule has 2 amide bonds. The highest BCUT2D eigenvalue weighted by atomic mass is 16.5. The molecule has 2 aromatic rings. The van der Waals surface area contributed by atoms with Crippen molar-refractivity contribution in [3.63, 3.8) is 0 Å². The Morgan fingerprint density at radius 2 is 1.97 bits per heavy atom. The summed E-state index contributed by atoms with van der Waals surface area (Å²) in [6, 6.07) is 3.70. The molecular weight excluding hydrogens is 482 g/mol. The lowest BCUT2D eigenvalue weighted by atomic mass is 9.96. The van der Waals surface area contributed by atoms with Gasteiger partial charge in [-0.2, -0.15) is 0 Å². The molecule has 1 saturated heterocycles. The van der Waals surface area contributed by atoms with Crippen molar-refractivity contribution in [1.82, 2.24) is 14.8 Å². The maximum Gasteiger partial charge on any atom is 0.243 e. The van der Waals surface area contributed by atoms with E-state index in [0.29, 0.717) is 44.6 Å².